The summed E-state index contributed by atoms with van der Waals surface area (Å²) in [5.74, 6) is -0.565. The fourth-order valence-electron chi connectivity index (χ4n) is 5.17. The van der Waals surface area contributed by atoms with Crippen LogP contribution in [0.2, 0.25) is 0 Å². The van der Waals surface area contributed by atoms with Crippen molar-refractivity contribution in [2.75, 3.05) is 12.4 Å². The Morgan fingerprint density at radius 2 is 1.83 bits per heavy atom. The quantitative estimate of drug-likeness (QED) is 0.277. The minimum Gasteiger partial charge on any atom is -0.496 e. The lowest BCUT2D eigenvalue weighted by molar-refractivity contribution is 0.0980. The van der Waals surface area contributed by atoms with Crippen molar-refractivity contribution in [1.29, 1.82) is 0 Å². The fraction of sp³-hybridized carbons (Fsp3) is 0.290. The normalized spacial score (nSPS) is 15.1. The van der Waals surface area contributed by atoms with Crippen LogP contribution in [-0.4, -0.2) is 38.2 Å². The maximum atomic E-state index is 13.0. The van der Waals surface area contributed by atoms with Crippen molar-refractivity contribution in [2.24, 2.45) is 7.05 Å². The molecule has 0 unspecified atom stereocenters. The number of hydrogen-bond donors (Lipinski definition) is 2. The van der Waals surface area contributed by atoms with Gasteiger partial charge < -0.3 is 14.0 Å². The van der Waals surface area contributed by atoms with Crippen LogP contribution in [0.4, 0.5) is 10.5 Å². The van der Waals surface area contributed by atoms with E-state index in [1.165, 1.54) is 37.4 Å². The summed E-state index contributed by atoms with van der Waals surface area (Å²) >= 11 is 0. The van der Waals surface area contributed by atoms with Crippen LogP contribution < -0.4 is 14.8 Å². The smallest absolute Gasteiger partial charge is 0.411 e. The predicted octanol–water partition coefficient (Wildman–Crippen LogP) is 5.70. The van der Waals surface area contributed by atoms with Crippen molar-refractivity contribution < 1.29 is 31.6 Å². The van der Waals surface area contributed by atoms with Crippen molar-refractivity contribution in [1.82, 2.24) is 9.29 Å². The first-order valence-electron chi connectivity index (χ1n) is 14.7. The zero-order chi connectivity index (χ0) is 31.6. The van der Waals surface area contributed by atoms with Gasteiger partial charge in [-0.2, -0.15) is 0 Å². The summed E-state index contributed by atoms with van der Waals surface area (Å²) in [6, 6.07) is 15.4. The number of ether oxygens (including phenoxy) is 2. The summed E-state index contributed by atoms with van der Waals surface area (Å²) in [6.07, 6.45) is 5.75. The van der Waals surface area contributed by atoms with Gasteiger partial charge in [0.15, 0.2) is 0 Å². The second-order valence-electron chi connectivity index (χ2n) is 10.1. The lowest BCUT2D eigenvalue weighted by atomic mass is 10.0. The van der Waals surface area contributed by atoms with Gasteiger partial charge in [-0.25, -0.2) is 17.9 Å². The zero-order valence-electron chi connectivity index (χ0n) is 25.8. The largest absolute Gasteiger partial charge is 0.496 e. The number of methoxy groups -OCH3 is 1. The molecule has 2 N–H and O–H groups in total. The minimum atomic E-state index is -4.48. The number of rotatable bonds is 8. The first-order chi connectivity index (χ1) is 20.9. The van der Waals surface area contributed by atoms with E-state index in [1.807, 2.05) is 40.7 Å². The number of aryl methyl sites for hydroxylation is 2. The summed E-state index contributed by atoms with van der Waals surface area (Å²) < 4.78 is 64.0. The average Bonchev–Trinajstić information content (AvgIpc) is 3.59. The highest BCUT2D eigenvalue weighted by Gasteiger charge is 2.22. The van der Waals surface area contributed by atoms with Crippen LogP contribution in [0.3, 0.4) is 0 Å². The highest BCUT2D eigenvalue weighted by Crippen LogP contribution is 2.30. The molecule has 1 aliphatic carbocycles. The molecule has 1 fully saturated rings. The number of nitrogens with one attached hydrogen (secondary N) is 2. The highest BCUT2D eigenvalue weighted by atomic mass is 32.2. The number of nitrogens with zero attached hydrogens (tertiary/aromatic N) is 1. The number of carbonyl (C=O) groups is 2. The van der Waals surface area contributed by atoms with Gasteiger partial charge in [-0.3, -0.25) is 10.1 Å². The van der Waals surface area contributed by atoms with Crippen LogP contribution in [0, 0.1) is 6.85 Å². The zero-order valence-corrected chi connectivity index (χ0v) is 23.6. The first-order valence-corrected chi connectivity index (χ1v) is 14.7. The monoisotopic (exact) mass is 578 g/mol. The van der Waals surface area contributed by atoms with Gasteiger partial charge in [0, 0.05) is 45.9 Å². The molecule has 4 aromatic rings. The van der Waals surface area contributed by atoms with Crippen molar-refractivity contribution in [3.63, 3.8) is 0 Å². The van der Waals surface area contributed by atoms with E-state index < -0.39 is 33.8 Å². The second-order valence-corrected chi connectivity index (χ2v) is 11.7. The molecule has 0 atom stereocenters. The maximum Gasteiger partial charge on any atom is 0.411 e. The fourth-order valence-corrected chi connectivity index (χ4v) is 6.26. The van der Waals surface area contributed by atoms with E-state index in [2.05, 4.69) is 5.32 Å². The summed E-state index contributed by atoms with van der Waals surface area (Å²) in [7, 11) is -1.11. The van der Waals surface area contributed by atoms with Crippen molar-refractivity contribution in [2.45, 2.75) is 50.0 Å². The molecule has 0 bridgehead atoms. The van der Waals surface area contributed by atoms with Crippen LogP contribution in [-0.2, 0) is 28.2 Å². The highest BCUT2D eigenvalue weighted by molar-refractivity contribution is 7.90. The van der Waals surface area contributed by atoms with Crippen LogP contribution in [0.25, 0.3) is 10.9 Å². The number of sulfonamides is 1. The number of hydrogen-bond acceptors (Lipinski definition) is 6. The topological polar surface area (TPSA) is 116 Å². The first kappa shape index (κ1) is 24.5. The molecule has 5 rings (SSSR count). The Morgan fingerprint density at radius 3 is 2.59 bits per heavy atom. The Morgan fingerprint density at radius 1 is 1.05 bits per heavy atom. The molecule has 41 heavy (non-hydrogen) atoms. The van der Waals surface area contributed by atoms with Gasteiger partial charge in [0.25, 0.3) is 15.9 Å². The van der Waals surface area contributed by atoms with Crippen LogP contribution in [0.15, 0.2) is 71.8 Å². The third kappa shape index (κ3) is 6.22. The Bertz CT molecular complexity index is 1830. The standard InChI is InChI=1S/C31H33N3O6S/c1-20-8-4-7-11-29(20)41(37,38)33-30(35)22-13-12-21(28(17-22)39-3)16-23-19-34(2)27-15-14-24(18-26(23)27)32-31(36)40-25-9-5-6-10-25/h4,7-8,11-15,17-19,25H,5-6,9-10,16H2,1-3H3,(H,32,36)(H,33,35)/i1D3. The van der Waals surface area contributed by atoms with E-state index in [4.69, 9.17) is 13.6 Å². The van der Waals surface area contributed by atoms with Crippen LogP contribution in [0.1, 0.15) is 56.8 Å². The molecule has 3 aromatic carbocycles. The molecule has 1 heterocycles. The summed E-state index contributed by atoms with van der Waals surface area (Å²) in [6.45, 7) is -2.68. The molecule has 0 spiro atoms. The van der Waals surface area contributed by atoms with E-state index in [9.17, 15) is 18.0 Å². The number of amides is 2. The third-order valence-corrected chi connectivity index (χ3v) is 8.62. The van der Waals surface area contributed by atoms with Gasteiger partial charge in [-0.05, 0) is 85.6 Å². The molecule has 214 valence electrons. The van der Waals surface area contributed by atoms with Gasteiger partial charge >= 0.3 is 6.09 Å². The van der Waals surface area contributed by atoms with E-state index in [0.717, 1.165) is 53.8 Å². The van der Waals surface area contributed by atoms with E-state index in [-0.39, 0.29) is 17.2 Å². The number of benzene rings is 3. The van der Waals surface area contributed by atoms with Gasteiger partial charge in [0.2, 0.25) is 0 Å². The Balaban J connectivity index is 1.36. The molecule has 1 saturated carbocycles. The summed E-state index contributed by atoms with van der Waals surface area (Å²) in [5.41, 5.74) is 2.87. The van der Waals surface area contributed by atoms with E-state index in [0.29, 0.717) is 17.9 Å². The van der Waals surface area contributed by atoms with Crippen molar-refractivity contribution >= 4 is 38.6 Å². The third-order valence-electron chi connectivity index (χ3n) is 7.23. The molecule has 0 radical (unpaired) electrons. The van der Waals surface area contributed by atoms with E-state index >= 15 is 0 Å². The minimum absolute atomic E-state index is 0.0192. The molecule has 0 saturated heterocycles. The summed E-state index contributed by atoms with van der Waals surface area (Å²) in [5, 5.41) is 3.74. The summed E-state index contributed by atoms with van der Waals surface area (Å²) in [4.78, 5) is 25.0. The van der Waals surface area contributed by atoms with E-state index in [1.54, 1.807) is 6.07 Å². The lowest BCUT2D eigenvalue weighted by Gasteiger charge is -2.13. The molecular weight excluding hydrogens is 542 g/mol. The molecule has 9 nitrogen and oxygen atoms in total. The predicted molar refractivity (Wildman–Crippen MR) is 157 cm³/mol. The molecule has 1 aromatic heterocycles. The average molecular weight is 579 g/mol. The van der Waals surface area contributed by atoms with Crippen molar-refractivity contribution in [3.8, 4) is 5.75 Å². The second kappa shape index (κ2) is 11.7. The Kier molecular flexibility index (Phi) is 6.96. The number of carbonyl (C=O) groups excluding carboxylic acids is 2. The van der Waals surface area contributed by atoms with Crippen LogP contribution >= 0.6 is 0 Å². The molecular formula is C31H33N3O6S. The van der Waals surface area contributed by atoms with Crippen molar-refractivity contribution in [3.05, 3.63) is 89.1 Å². The van der Waals surface area contributed by atoms with Gasteiger partial charge in [-0.15, -0.1) is 0 Å². The maximum absolute atomic E-state index is 13.0. The van der Waals surface area contributed by atoms with Crippen LogP contribution in [0.5, 0.6) is 5.75 Å². The number of fused-ring (bicyclic) bond motifs is 1. The molecule has 0 aliphatic heterocycles. The molecule has 2 amide bonds. The van der Waals surface area contributed by atoms with Gasteiger partial charge in [-0.1, -0.05) is 24.3 Å². The Hall–Kier alpha value is -4.31. The van der Waals surface area contributed by atoms with Gasteiger partial charge in [0.1, 0.15) is 11.9 Å². The molecule has 10 heteroatoms. The SMILES string of the molecule is [2H]C([2H])([2H])c1ccccc1S(=O)(=O)NC(=O)c1ccc(Cc2cn(C)c3ccc(NC(=O)OC4CCCC4)cc23)c(OC)c1. The number of aromatic nitrogens is 1. The number of anilines is 1. The Labute approximate surface area is 243 Å². The van der Waals surface area contributed by atoms with Gasteiger partial charge in [0.05, 0.1) is 12.0 Å². The molecule has 1 aliphatic rings. The lowest BCUT2D eigenvalue weighted by Crippen LogP contribution is -2.31.